The standard InChI is InChI=1S/C16H15N3S/c1-17-11-14-15(12-5-3-2-4-6-12)19-16(20-14)13-7-9-18-10-8-13/h2-10,17H,11H2,1H3. The first-order chi connectivity index (χ1) is 9.88. The molecule has 0 amide bonds. The lowest BCUT2D eigenvalue weighted by Gasteiger charge is -2.00. The van der Waals surface area contributed by atoms with Gasteiger partial charge in [0.05, 0.1) is 5.69 Å². The zero-order chi connectivity index (χ0) is 13.8. The maximum absolute atomic E-state index is 4.82. The summed E-state index contributed by atoms with van der Waals surface area (Å²) in [5.74, 6) is 0. The SMILES string of the molecule is CNCc1sc(-c2ccncc2)nc1-c1ccccc1. The van der Waals surface area contributed by atoms with Crippen LogP contribution < -0.4 is 5.32 Å². The van der Waals surface area contributed by atoms with Crippen LogP contribution >= 0.6 is 11.3 Å². The molecule has 20 heavy (non-hydrogen) atoms. The molecule has 0 atom stereocenters. The van der Waals surface area contributed by atoms with Crippen LogP contribution in [0.1, 0.15) is 4.88 Å². The number of nitrogens with zero attached hydrogens (tertiary/aromatic N) is 2. The van der Waals surface area contributed by atoms with Crippen LogP contribution in [0.3, 0.4) is 0 Å². The summed E-state index contributed by atoms with van der Waals surface area (Å²) in [5, 5.41) is 4.26. The van der Waals surface area contributed by atoms with Gasteiger partial charge >= 0.3 is 0 Å². The van der Waals surface area contributed by atoms with E-state index in [0.717, 1.165) is 28.4 Å². The molecule has 2 heterocycles. The Morgan fingerprint density at radius 2 is 1.75 bits per heavy atom. The maximum Gasteiger partial charge on any atom is 0.124 e. The van der Waals surface area contributed by atoms with E-state index < -0.39 is 0 Å². The Labute approximate surface area is 122 Å². The van der Waals surface area contributed by atoms with E-state index in [0.29, 0.717) is 0 Å². The van der Waals surface area contributed by atoms with Crippen LogP contribution in [0.4, 0.5) is 0 Å². The summed E-state index contributed by atoms with van der Waals surface area (Å²) >= 11 is 1.73. The fourth-order valence-corrected chi connectivity index (χ4v) is 3.17. The number of thiazole rings is 1. The summed E-state index contributed by atoms with van der Waals surface area (Å²) < 4.78 is 0. The van der Waals surface area contributed by atoms with E-state index in [9.17, 15) is 0 Å². The largest absolute Gasteiger partial charge is 0.315 e. The number of nitrogens with one attached hydrogen (secondary N) is 1. The van der Waals surface area contributed by atoms with Crippen LogP contribution in [-0.4, -0.2) is 17.0 Å². The number of benzene rings is 1. The molecule has 1 N–H and O–H groups in total. The Balaban J connectivity index is 2.08. The van der Waals surface area contributed by atoms with Gasteiger partial charge in [-0.2, -0.15) is 0 Å². The number of hydrogen-bond donors (Lipinski definition) is 1. The average molecular weight is 281 g/mol. The van der Waals surface area contributed by atoms with Crippen molar-refractivity contribution in [3.05, 3.63) is 59.7 Å². The highest BCUT2D eigenvalue weighted by Gasteiger charge is 2.13. The van der Waals surface area contributed by atoms with Gasteiger partial charge in [0.15, 0.2) is 0 Å². The molecular formula is C16H15N3S. The highest BCUT2D eigenvalue weighted by molar-refractivity contribution is 7.15. The fraction of sp³-hybridized carbons (Fsp3) is 0.125. The molecule has 0 aliphatic carbocycles. The van der Waals surface area contributed by atoms with Crippen LogP contribution in [0.5, 0.6) is 0 Å². The molecule has 0 fully saturated rings. The topological polar surface area (TPSA) is 37.8 Å². The van der Waals surface area contributed by atoms with Crippen molar-refractivity contribution < 1.29 is 0 Å². The van der Waals surface area contributed by atoms with Crippen molar-refractivity contribution in [2.24, 2.45) is 0 Å². The molecule has 0 aliphatic heterocycles. The predicted octanol–water partition coefficient (Wildman–Crippen LogP) is 3.59. The molecule has 0 unspecified atom stereocenters. The Kier molecular flexibility index (Phi) is 3.85. The third-order valence-electron chi connectivity index (χ3n) is 3.01. The van der Waals surface area contributed by atoms with Crippen LogP contribution in [0.2, 0.25) is 0 Å². The van der Waals surface area contributed by atoms with Gasteiger partial charge < -0.3 is 5.32 Å². The van der Waals surface area contributed by atoms with Gasteiger partial charge in [-0.05, 0) is 19.2 Å². The van der Waals surface area contributed by atoms with E-state index in [4.69, 9.17) is 4.98 Å². The van der Waals surface area contributed by atoms with Gasteiger partial charge in [-0.3, -0.25) is 4.98 Å². The summed E-state index contributed by atoms with van der Waals surface area (Å²) in [6, 6.07) is 14.3. The summed E-state index contributed by atoms with van der Waals surface area (Å²) in [7, 11) is 1.96. The van der Waals surface area contributed by atoms with Gasteiger partial charge in [0.2, 0.25) is 0 Å². The van der Waals surface area contributed by atoms with Crippen molar-refractivity contribution in [1.29, 1.82) is 0 Å². The zero-order valence-corrected chi connectivity index (χ0v) is 12.0. The molecule has 3 aromatic rings. The molecule has 3 rings (SSSR count). The molecule has 0 bridgehead atoms. The zero-order valence-electron chi connectivity index (χ0n) is 11.2. The predicted molar refractivity (Wildman–Crippen MR) is 83.5 cm³/mol. The Morgan fingerprint density at radius 3 is 2.45 bits per heavy atom. The molecule has 3 nitrogen and oxygen atoms in total. The Hall–Kier alpha value is -2.04. The first-order valence-corrected chi connectivity index (χ1v) is 7.30. The minimum Gasteiger partial charge on any atom is -0.315 e. The molecule has 2 aromatic heterocycles. The Bertz CT molecular complexity index is 677. The maximum atomic E-state index is 4.82. The smallest absolute Gasteiger partial charge is 0.124 e. The van der Waals surface area contributed by atoms with Crippen molar-refractivity contribution in [3.63, 3.8) is 0 Å². The van der Waals surface area contributed by atoms with Crippen LogP contribution in [0.15, 0.2) is 54.9 Å². The molecule has 4 heteroatoms. The summed E-state index contributed by atoms with van der Waals surface area (Å²) in [5.41, 5.74) is 3.34. The minimum absolute atomic E-state index is 0.826. The molecular weight excluding hydrogens is 266 g/mol. The minimum atomic E-state index is 0.826. The molecule has 100 valence electrons. The van der Waals surface area contributed by atoms with Gasteiger partial charge in [-0.15, -0.1) is 11.3 Å². The molecule has 0 aliphatic rings. The second kappa shape index (κ2) is 5.94. The van der Waals surface area contributed by atoms with Crippen molar-refractivity contribution in [1.82, 2.24) is 15.3 Å². The van der Waals surface area contributed by atoms with E-state index in [-0.39, 0.29) is 0 Å². The van der Waals surface area contributed by atoms with E-state index in [1.165, 1.54) is 4.88 Å². The first-order valence-electron chi connectivity index (χ1n) is 6.48. The quantitative estimate of drug-likeness (QED) is 0.794. The molecule has 0 saturated heterocycles. The average Bonchev–Trinajstić information content (AvgIpc) is 2.94. The number of rotatable bonds is 4. The summed E-state index contributed by atoms with van der Waals surface area (Å²) in [6.07, 6.45) is 3.60. The summed E-state index contributed by atoms with van der Waals surface area (Å²) in [6.45, 7) is 0.826. The second-order valence-electron chi connectivity index (χ2n) is 4.42. The molecule has 0 saturated carbocycles. The number of hydrogen-bond acceptors (Lipinski definition) is 4. The van der Waals surface area contributed by atoms with Gasteiger partial charge in [-0.25, -0.2) is 4.98 Å². The first kappa shape index (κ1) is 13.0. The van der Waals surface area contributed by atoms with Gasteiger partial charge in [-0.1, -0.05) is 30.3 Å². The normalized spacial score (nSPS) is 10.7. The highest BCUT2D eigenvalue weighted by Crippen LogP contribution is 2.33. The van der Waals surface area contributed by atoms with Crippen molar-refractivity contribution in [2.75, 3.05) is 7.05 Å². The monoisotopic (exact) mass is 281 g/mol. The van der Waals surface area contributed by atoms with E-state index in [1.807, 2.05) is 37.4 Å². The van der Waals surface area contributed by atoms with E-state index in [1.54, 1.807) is 23.7 Å². The van der Waals surface area contributed by atoms with Crippen LogP contribution in [0.25, 0.3) is 21.8 Å². The van der Waals surface area contributed by atoms with E-state index in [2.05, 4.69) is 22.4 Å². The lowest BCUT2D eigenvalue weighted by Crippen LogP contribution is -2.04. The van der Waals surface area contributed by atoms with E-state index >= 15 is 0 Å². The molecule has 1 aromatic carbocycles. The highest BCUT2D eigenvalue weighted by atomic mass is 32.1. The third-order valence-corrected chi connectivity index (χ3v) is 4.11. The fourth-order valence-electron chi connectivity index (χ4n) is 2.07. The second-order valence-corrected chi connectivity index (χ2v) is 5.51. The van der Waals surface area contributed by atoms with Crippen molar-refractivity contribution in [3.8, 4) is 21.8 Å². The number of aromatic nitrogens is 2. The lowest BCUT2D eigenvalue weighted by atomic mass is 10.1. The van der Waals surface area contributed by atoms with Crippen LogP contribution in [0, 0.1) is 0 Å². The molecule has 0 spiro atoms. The van der Waals surface area contributed by atoms with Gasteiger partial charge in [0.25, 0.3) is 0 Å². The van der Waals surface area contributed by atoms with Crippen molar-refractivity contribution in [2.45, 2.75) is 6.54 Å². The summed E-state index contributed by atoms with van der Waals surface area (Å²) in [4.78, 5) is 10.1. The van der Waals surface area contributed by atoms with Crippen molar-refractivity contribution >= 4 is 11.3 Å². The molecule has 0 radical (unpaired) electrons. The third kappa shape index (κ3) is 2.61. The van der Waals surface area contributed by atoms with Crippen LogP contribution in [-0.2, 0) is 6.54 Å². The van der Waals surface area contributed by atoms with Gasteiger partial charge in [0.1, 0.15) is 5.01 Å². The number of pyridine rings is 1. The van der Waals surface area contributed by atoms with Gasteiger partial charge in [0, 0.05) is 34.9 Å². The lowest BCUT2D eigenvalue weighted by molar-refractivity contribution is 0.831. The Morgan fingerprint density at radius 1 is 1.00 bits per heavy atom.